The van der Waals surface area contributed by atoms with Crippen molar-refractivity contribution < 1.29 is 9.84 Å². The number of phenols is 1. The van der Waals surface area contributed by atoms with Gasteiger partial charge in [-0.05, 0) is 48.3 Å². The van der Waals surface area contributed by atoms with E-state index in [9.17, 15) is 5.11 Å². The Balaban J connectivity index is 1.64. The van der Waals surface area contributed by atoms with Gasteiger partial charge in [-0.15, -0.1) is 11.3 Å². The average Bonchev–Trinajstić information content (AvgIpc) is 3.13. The molecule has 1 aliphatic carbocycles. The molecule has 2 N–H and O–H groups in total. The van der Waals surface area contributed by atoms with E-state index in [2.05, 4.69) is 41.3 Å². The van der Waals surface area contributed by atoms with Gasteiger partial charge in [0.1, 0.15) is 11.2 Å². The van der Waals surface area contributed by atoms with E-state index in [0.717, 1.165) is 23.1 Å². The van der Waals surface area contributed by atoms with Crippen LogP contribution in [0.15, 0.2) is 29.6 Å². The lowest BCUT2D eigenvalue weighted by Gasteiger charge is -2.36. The Morgan fingerprint density at radius 2 is 2.20 bits per heavy atom. The van der Waals surface area contributed by atoms with Gasteiger partial charge in [0, 0.05) is 10.4 Å². The zero-order valence-corrected chi connectivity index (χ0v) is 18.7. The van der Waals surface area contributed by atoms with Crippen LogP contribution < -0.4 is 10.2 Å². The smallest absolute Gasteiger partial charge is 0.166 e. The fourth-order valence-electron chi connectivity index (χ4n) is 4.12. The number of para-hydroxylation sites is 1. The SMILES string of the molecule is CCC(C)(C)[C@H]1CCc2sc3ncnc(N/N=C\c4cccc(OC)c4O)c3c2C1. The van der Waals surface area contributed by atoms with Crippen LogP contribution in [0.25, 0.3) is 10.2 Å². The van der Waals surface area contributed by atoms with Crippen LogP contribution in [0.2, 0.25) is 0 Å². The Hall–Kier alpha value is -2.67. The quantitative estimate of drug-likeness (QED) is 0.409. The molecule has 7 heteroatoms. The van der Waals surface area contributed by atoms with E-state index in [4.69, 9.17) is 4.74 Å². The largest absolute Gasteiger partial charge is 0.504 e. The van der Waals surface area contributed by atoms with Crippen molar-refractivity contribution in [2.24, 2.45) is 16.4 Å². The second-order valence-corrected chi connectivity index (χ2v) is 9.54. The van der Waals surface area contributed by atoms with Gasteiger partial charge in [0.05, 0.1) is 18.7 Å². The minimum atomic E-state index is 0.0657. The Morgan fingerprint density at radius 1 is 1.37 bits per heavy atom. The summed E-state index contributed by atoms with van der Waals surface area (Å²) < 4.78 is 5.16. The third-order valence-corrected chi connectivity index (χ3v) is 7.68. The molecule has 0 saturated carbocycles. The molecule has 4 rings (SSSR count). The number of hydrogen-bond acceptors (Lipinski definition) is 7. The summed E-state index contributed by atoms with van der Waals surface area (Å²) in [5, 5.41) is 15.7. The van der Waals surface area contributed by atoms with Gasteiger partial charge in [0.15, 0.2) is 17.3 Å². The minimum Gasteiger partial charge on any atom is -0.504 e. The molecule has 0 radical (unpaired) electrons. The first-order valence-corrected chi connectivity index (χ1v) is 11.2. The number of fused-ring (bicyclic) bond motifs is 3. The van der Waals surface area contributed by atoms with E-state index in [1.807, 2.05) is 6.07 Å². The number of benzene rings is 1. The second-order valence-electron chi connectivity index (χ2n) is 8.46. The molecule has 0 unspecified atom stereocenters. The predicted octanol–water partition coefficient (Wildman–Crippen LogP) is 5.39. The van der Waals surface area contributed by atoms with E-state index < -0.39 is 0 Å². The maximum atomic E-state index is 10.2. The van der Waals surface area contributed by atoms with Gasteiger partial charge in [-0.1, -0.05) is 33.3 Å². The number of nitrogens with zero attached hydrogens (tertiary/aromatic N) is 3. The van der Waals surface area contributed by atoms with Gasteiger partial charge in [0.2, 0.25) is 0 Å². The number of hydrazone groups is 1. The van der Waals surface area contributed by atoms with Crippen molar-refractivity contribution >= 4 is 33.6 Å². The zero-order valence-electron chi connectivity index (χ0n) is 17.9. The average molecular weight is 425 g/mol. The molecular weight excluding hydrogens is 396 g/mol. The molecule has 6 nitrogen and oxygen atoms in total. The first kappa shape index (κ1) is 20.6. The number of rotatable bonds is 6. The number of hydrogen-bond donors (Lipinski definition) is 2. The van der Waals surface area contributed by atoms with Gasteiger partial charge in [-0.25, -0.2) is 9.97 Å². The normalized spacial score (nSPS) is 16.7. The van der Waals surface area contributed by atoms with Crippen LogP contribution in [-0.4, -0.2) is 28.4 Å². The standard InChI is InChI=1S/C23H28N4O2S/c1-5-23(2,3)15-9-10-18-16(11-15)19-21(24-13-25-22(19)30-18)27-26-12-14-7-6-8-17(29-4)20(14)28/h6-8,12-13,15,28H,5,9-11H2,1-4H3,(H,24,25,27)/b26-12-/t15-/m0/s1. The Kier molecular flexibility index (Phi) is 5.64. The maximum Gasteiger partial charge on any atom is 0.166 e. The number of nitrogens with one attached hydrogen (secondary N) is 1. The third kappa shape index (κ3) is 3.74. The molecule has 2 heterocycles. The Labute approximate surface area is 181 Å². The van der Waals surface area contributed by atoms with Crippen LogP contribution in [0, 0.1) is 11.3 Å². The highest BCUT2D eigenvalue weighted by Crippen LogP contribution is 2.45. The first-order chi connectivity index (χ1) is 14.4. The van der Waals surface area contributed by atoms with Crippen LogP contribution in [-0.2, 0) is 12.8 Å². The van der Waals surface area contributed by atoms with Crippen molar-refractivity contribution in [2.45, 2.75) is 46.5 Å². The van der Waals surface area contributed by atoms with Gasteiger partial charge in [-0.2, -0.15) is 5.10 Å². The van der Waals surface area contributed by atoms with Crippen molar-refractivity contribution in [1.82, 2.24) is 9.97 Å². The summed E-state index contributed by atoms with van der Waals surface area (Å²) >= 11 is 1.77. The number of aromatic hydroxyl groups is 1. The number of aromatic nitrogens is 2. The molecule has 0 aliphatic heterocycles. The van der Waals surface area contributed by atoms with Crippen molar-refractivity contribution in [3.8, 4) is 11.5 Å². The van der Waals surface area contributed by atoms with Gasteiger partial charge >= 0.3 is 0 Å². The lowest BCUT2D eigenvalue weighted by atomic mass is 9.69. The molecule has 1 atom stereocenters. The van der Waals surface area contributed by atoms with Crippen molar-refractivity contribution in [2.75, 3.05) is 12.5 Å². The molecule has 1 aliphatic rings. The zero-order chi connectivity index (χ0) is 21.3. The molecule has 0 saturated heterocycles. The number of methoxy groups -OCH3 is 1. The number of phenolic OH excluding ortho intramolecular Hbond substituents is 1. The number of anilines is 1. The summed E-state index contributed by atoms with van der Waals surface area (Å²) in [7, 11) is 1.53. The lowest BCUT2D eigenvalue weighted by Crippen LogP contribution is -2.28. The lowest BCUT2D eigenvalue weighted by molar-refractivity contribution is 0.184. The van der Waals surface area contributed by atoms with E-state index in [-0.39, 0.29) is 5.75 Å². The Morgan fingerprint density at radius 3 is 2.97 bits per heavy atom. The molecular formula is C23H28N4O2S. The summed E-state index contributed by atoms with van der Waals surface area (Å²) in [5.74, 6) is 1.85. The van der Waals surface area contributed by atoms with Gasteiger partial charge in [0.25, 0.3) is 0 Å². The summed E-state index contributed by atoms with van der Waals surface area (Å²) in [4.78, 5) is 11.4. The monoisotopic (exact) mass is 424 g/mol. The molecule has 0 bridgehead atoms. The van der Waals surface area contributed by atoms with Crippen LogP contribution in [0.1, 0.15) is 49.6 Å². The Bertz CT molecular complexity index is 1090. The topological polar surface area (TPSA) is 79.6 Å². The third-order valence-electron chi connectivity index (χ3n) is 6.48. The molecule has 1 aromatic carbocycles. The van der Waals surface area contributed by atoms with Gasteiger partial charge < -0.3 is 9.84 Å². The highest BCUT2D eigenvalue weighted by atomic mass is 32.1. The van der Waals surface area contributed by atoms with E-state index in [1.165, 1.54) is 30.4 Å². The highest BCUT2D eigenvalue weighted by molar-refractivity contribution is 7.19. The van der Waals surface area contributed by atoms with E-state index in [0.29, 0.717) is 28.5 Å². The maximum absolute atomic E-state index is 10.2. The summed E-state index contributed by atoms with van der Waals surface area (Å²) in [6, 6.07) is 5.30. The van der Waals surface area contributed by atoms with Crippen LogP contribution in [0.5, 0.6) is 11.5 Å². The van der Waals surface area contributed by atoms with Crippen molar-refractivity contribution in [1.29, 1.82) is 0 Å². The molecule has 0 amide bonds. The van der Waals surface area contributed by atoms with Crippen LogP contribution in [0.3, 0.4) is 0 Å². The predicted molar refractivity (Wildman–Crippen MR) is 123 cm³/mol. The van der Waals surface area contributed by atoms with Crippen molar-refractivity contribution in [3.63, 3.8) is 0 Å². The number of thiophene rings is 1. The number of ether oxygens (including phenoxy) is 1. The van der Waals surface area contributed by atoms with Crippen LogP contribution in [0.4, 0.5) is 5.82 Å². The fraction of sp³-hybridized carbons (Fsp3) is 0.435. The molecule has 2 aromatic heterocycles. The van der Waals surface area contributed by atoms with E-state index in [1.54, 1.807) is 36.0 Å². The highest BCUT2D eigenvalue weighted by Gasteiger charge is 2.33. The summed E-state index contributed by atoms with van der Waals surface area (Å²) in [6.07, 6.45) is 7.71. The second kappa shape index (κ2) is 8.22. The molecule has 0 fully saturated rings. The first-order valence-electron chi connectivity index (χ1n) is 10.3. The molecule has 0 spiro atoms. The fourth-order valence-corrected chi connectivity index (χ4v) is 5.30. The summed E-state index contributed by atoms with van der Waals surface area (Å²) in [6.45, 7) is 7.02. The molecule has 3 aromatic rings. The summed E-state index contributed by atoms with van der Waals surface area (Å²) in [5.41, 5.74) is 5.34. The van der Waals surface area contributed by atoms with E-state index >= 15 is 0 Å². The van der Waals surface area contributed by atoms with Crippen molar-refractivity contribution in [3.05, 3.63) is 40.5 Å². The molecule has 158 valence electrons. The van der Waals surface area contributed by atoms with Crippen LogP contribution >= 0.6 is 11.3 Å². The molecule has 30 heavy (non-hydrogen) atoms. The minimum absolute atomic E-state index is 0.0657. The van der Waals surface area contributed by atoms with Gasteiger partial charge in [-0.3, -0.25) is 5.43 Å². The number of aryl methyl sites for hydroxylation is 1.